The predicted molar refractivity (Wildman–Crippen MR) is 153 cm³/mol. The third-order valence-corrected chi connectivity index (χ3v) is 9.29. The van der Waals surface area contributed by atoms with Gasteiger partial charge in [-0.05, 0) is 54.1 Å². The monoisotopic (exact) mass is 544 g/mol. The molecule has 0 N–H and O–H groups in total. The third-order valence-electron chi connectivity index (χ3n) is 8.74. The summed E-state index contributed by atoms with van der Waals surface area (Å²) in [5, 5.41) is 2.11. The first-order chi connectivity index (χ1) is 18.7. The number of amides is 2. The molecule has 2 aromatic carbocycles. The van der Waals surface area contributed by atoms with Gasteiger partial charge in [-0.1, -0.05) is 36.4 Å². The van der Waals surface area contributed by atoms with Gasteiger partial charge in [-0.3, -0.25) is 24.2 Å². The van der Waals surface area contributed by atoms with Crippen molar-refractivity contribution in [3.05, 3.63) is 76.2 Å². The number of hydrogen-bond acceptors (Lipinski definition) is 6. The summed E-state index contributed by atoms with van der Waals surface area (Å²) in [6.07, 6.45) is 1.25. The van der Waals surface area contributed by atoms with Crippen molar-refractivity contribution in [1.29, 1.82) is 0 Å². The minimum atomic E-state index is -1.34. The highest BCUT2D eigenvalue weighted by Crippen LogP contribution is 2.41. The number of piperidine rings is 1. The number of likely N-dealkylation sites (tertiary alicyclic amines) is 1. The maximum absolute atomic E-state index is 14.1. The van der Waals surface area contributed by atoms with Crippen molar-refractivity contribution in [2.75, 3.05) is 40.8 Å². The first-order valence-corrected chi connectivity index (χ1v) is 13.7. The fraction of sp³-hybridized carbons (Fsp3) is 0.400. The van der Waals surface area contributed by atoms with E-state index in [1.54, 1.807) is 27.3 Å². The highest BCUT2D eigenvalue weighted by Gasteiger charge is 2.55. The molecule has 39 heavy (non-hydrogen) atoms. The van der Waals surface area contributed by atoms with Crippen molar-refractivity contribution < 1.29 is 14.3 Å². The SMILES string of the molecule is COc1ccc(CC2(CN3CC4CC(C3)c3cccc(=O)n3C4)C(=O)N(C)C(=S)N(C)C2=O)c2ccccc12. The molecule has 1 aromatic heterocycles. The van der Waals surface area contributed by atoms with Gasteiger partial charge in [0.2, 0.25) is 11.8 Å². The molecule has 2 unspecified atom stereocenters. The van der Waals surface area contributed by atoms with E-state index in [-0.39, 0.29) is 47.3 Å². The summed E-state index contributed by atoms with van der Waals surface area (Å²) in [5.74, 6) is 0.653. The van der Waals surface area contributed by atoms with Gasteiger partial charge in [0.15, 0.2) is 5.11 Å². The Hall–Kier alpha value is -3.56. The van der Waals surface area contributed by atoms with Gasteiger partial charge >= 0.3 is 0 Å². The van der Waals surface area contributed by atoms with Crippen molar-refractivity contribution >= 4 is 39.9 Å². The topological polar surface area (TPSA) is 75.1 Å². The normalized spacial score (nSPS) is 22.8. The molecule has 0 radical (unpaired) electrons. The molecule has 6 rings (SSSR count). The number of rotatable bonds is 5. The smallest absolute Gasteiger partial charge is 0.250 e. The van der Waals surface area contributed by atoms with Gasteiger partial charge in [0, 0.05) is 63.3 Å². The molecule has 0 aliphatic carbocycles. The zero-order valence-corrected chi connectivity index (χ0v) is 23.2. The molecule has 202 valence electrons. The van der Waals surface area contributed by atoms with E-state index in [0.29, 0.717) is 13.1 Å². The van der Waals surface area contributed by atoms with Crippen molar-refractivity contribution in [3.63, 3.8) is 0 Å². The largest absolute Gasteiger partial charge is 0.496 e. The molecule has 0 saturated carbocycles. The number of nitrogens with zero attached hydrogens (tertiary/aromatic N) is 4. The van der Waals surface area contributed by atoms with Crippen LogP contribution in [-0.2, 0) is 22.6 Å². The summed E-state index contributed by atoms with van der Waals surface area (Å²) >= 11 is 5.46. The molecule has 3 aliphatic heterocycles. The third kappa shape index (κ3) is 4.06. The molecular weight excluding hydrogens is 512 g/mol. The average molecular weight is 545 g/mol. The average Bonchev–Trinajstić information content (AvgIpc) is 2.95. The molecule has 2 saturated heterocycles. The summed E-state index contributed by atoms with van der Waals surface area (Å²) < 4.78 is 7.48. The summed E-state index contributed by atoms with van der Waals surface area (Å²) in [4.78, 5) is 45.9. The van der Waals surface area contributed by atoms with Crippen molar-refractivity contribution in [3.8, 4) is 5.75 Å². The van der Waals surface area contributed by atoms with Crippen LogP contribution in [0.2, 0.25) is 0 Å². The summed E-state index contributed by atoms with van der Waals surface area (Å²) in [5.41, 5.74) is 0.644. The van der Waals surface area contributed by atoms with E-state index in [9.17, 15) is 14.4 Å². The molecule has 4 heterocycles. The fourth-order valence-corrected chi connectivity index (χ4v) is 7.14. The van der Waals surface area contributed by atoms with E-state index < -0.39 is 5.41 Å². The molecular formula is C30H32N4O4S. The number of aromatic nitrogens is 1. The lowest BCUT2D eigenvalue weighted by atomic mass is 9.74. The Morgan fingerprint density at radius 1 is 0.897 bits per heavy atom. The van der Waals surface area contributed by atoms with Gasteiger partial charge in [-0.2, -0.15) is 0 Å². The quantitative estimate of drug-likeness (QED) is 0.363. The van der Waals surface area contributed by atoms with Crippen LogP contribution in [-0.4, -0.2) is 77.0 Å². The number of methoxy groups -OCH3 is 1. The number of pyridine rings is 1. The van der Waals surface area contributed by atoms with Crippen LogP contribution in [0.3, 0.4) is 0 Å². The number of carbonyl (C=O) groups excluding carboxylic acids is 2. The van der Waals surface area contributed by atoms with Gasteiger partial charge in [0.1, 0.15) is 11.2 Å². The first-order valence-electron chi connectivity index (χ1n) is 13.3. The predicted octanol–water partition coefficient (Wildman–Crippen LogP) is 2.87. The molecule has 0 spiro atoms. The summed E-state index contributed by atoms with van der Waals surface area (Å²) in [6.45, 7) is 2.35. The Bertz CT molecular complexity index is 1540. The number of fused-ring (bicyclic) bond motifs is 5. The van der Waals surface area contributed by atoms with E-state index in [0.717, 1.165) is 40.7 Å². The van der Waals surface area contributed by atoms with Crippen LogP contribution >= 0.6 is 12.2 Å². The Morgan fingerprint density at radius 2 is 1.62 bits per heavy atom. The fourth-order valence-electron chi connectivity index (χ4n) is 6.97. The van der Waals surface area contributed by atoms with Gasteiger partial charge < -0.3 is 14.2 Å². The van der Waals surface area contributed by atoms with Crippen LogP contribution in [0.4, 0.5) is 0 Å². The van der Waals surface area contributed by atoms with E-state index in [4.69, 9.17) is 17.0 Å². The lowest BCUT2D eigenvalue weighted by Gasteiger charge is -2.48. The maximum atomic E-state index is 14.1. The van der Waals surface area contributed by atoms with Gasteiger partial charge in [-0.15, -0.1) is 0 Å². The number of carbonyl (C=O) groups is 2. The molecule has 2 atom stereocenters. The molecule has 2 fully saturated rings. The van der Waals surface area contributed by atoms with Crippen molar-refractivity contribution in [1.82, 2.24) is 19.3 Å². The molecule has 3 aliphatic rings. The molecule has 3 aromatic rings. The molecule has 2 amide bonds. The minimum absolute atomic E-state index is 0.0351. The Balaban J connectivity index is 1.41. The number of benzene rings is 2. The highest BCUT2D eigenvalue weighted by molar-refractivity contribution is 7.80. The lowest BCUT2D eigenvalue weighted by Crippen LogP contribution is -2.67. The second-order valence-corrected chi connectivity index (χ2v) is 11.5. The number of ether oxygens (including phenoxy) is 1. The second-order valence-electron chi connectivity index (χ2n) is 11.1. The maximum Gasteiger partial charge on any atom is 0.250 e. The Morgan fingerprint density at radius 3 is 2.33 bits per heavy atom. The molecule has 8 nitrogen and oxygen atoms in total. The minimum Gasteiger partial charge on any atom is -0.496 e. The Labute approximate surface area is 232 Å². The van der Waals surface area contributed by atoms with Crippen molar-refractivity contribution in [2.24, 2.45) is 11.3 Å². The Kier molecular flexibility index (Phi) is 6.31. The summed E-state index contributed by atoms with van der Waals surface area (Å²) in [6, 6.07) is 17.3. The van der Waals surface area contributed by atoms with Crippen LogP contribution in [0.1, 0.15) is 23.6 Å². The van der Waals surface area contributed by atoms with Crippen LogP contribution in [0.15, 0.2) is 59.4 Å². The van der Waals surface area contributed by atoms with E-state index in [2.05, 4.69) is 4.90 Å². The number of thiocarbonyl (C=S) groups is 1. The van der Waals surface area contributed by atoms with Crippen LogP contribution in [0.5, 0.6) is 5.75 Å². The second kappa shape index (κ2) is 9.57. The van der Waals surface area contributed by atoms with Gasteiger partial charge in [0.05, 0.1) is 7.11 Å². The molecule has 9 heteroatoms. The van der Waals surface area contributed by atoms with Gasteiger partial charge in [0.25, 0.3) is 5.56 Å². The van der Waals surface area contributed by atoms with Gasteiger partial charge in [-0.25, -0.2) is 0 Å². The number of hydrogen-bond donors (Lipinski definition) is 0. The van der Waals surface area contributed by atoms with Crippen LogP contribution < -0.4 is 10.3 Å². The van der Waals surface area contributed by atoms with E-state index in [1.165, 1.54) is 9.80 Å². The zero-order valence-electron chi connectivity index (χ0n) is 22.4. The zero-order chi connectivity index (χ0) is 27.5. The van der Waals surface area contributed by atoms with Crippen LogP contribution in [0, 0.1) is 11.3 Å². The summed E-state index contributed by atoms with van der Waals surface area (Å²) in [7, 11) is 4.95. The highest BCUT2D eigenvalue weighted by atomic mass is 32.1. The van der Waals surface area contributed by atoms with E-state index >= 15 is 0 Å². The first kappa shape index (κ1) is 25.7. The van der Waals surface area contributed by atoms with Crippen LogP contribution in [0.25, 0.3) is 10.8 Å². The van der Waals surface area contributed by atoms with E-state index in [1.807, 2.05) is 53.1 Å². The standard InChI is InChI=1S/C30H32N4O4S/c1-31-27(36)30(28(37)32(2)29(31)39,14-20-11-12-25(38-3)23-8-5-4-7-22(20)23)18-33-15-19-13-21(17-33)24-9-6-10-26(35)34(24)16-19/h4-12,19,21H,13-18H2,1-3H3. The molecule has 2 bridgehead atoms. The van der Waals surface area contributed by atoms with Crippen molar-refractivity contribution in [2.45, 2.75) is 25.3 Å². The lowest BCUT2D eigenvalue weighted by molar-refractivity contribution is -0.157.